The van der Waals surface area contributed by atoms with Crippen LogP contribution in [0.15, 0.2) is 42.5 Å². The summed E-state index contributed by atoms with van der Waals surface area (Å²) in [5, 5.41) is 12.8. The average molecular weight is 419 g/mol. The lowest BCUT2D eigenvalue weighted by Gasteiger charge is -2.10. The number of rotatable bonds is 4. The van der Waals surface area contributed by atoms with Gasteiger partial charge in [0.25, 0.3) is 5.91 Å². The maximum atomic E-state index is 12.9. The molecule has 10 heteroatoms. The van der Waals surface area contributed by atoms with E-state index in [4.69, 9.17) is 5.73 Å². The lowest BCUT2D eigenvalue weighted by atomic mass is 10.0. The number of hydrogen-bond acceptors (Lipinski definition) is 4. The molecule has 4 N–H and O–H groups in total. The third-order valence-corrected chi connectivity index (χ3v) is 4.48. The van der Waals surface area contributed by atoms with E-state index >= 15 is 0 Å². The SMILES string of the molecule is CCC(=O)c1ccc2c(c1)c(C(=O)Nc1cccc(C(F)(F)F)c1)c(O)n2C(N)=O. The van der Waals surface area contributed by atoms with Crippen molar-refractivity contribution in [2.75, 3.05) is 5.32 Å². The quantitative estimate of drug-likeness (QED) is 0.552. The molecule has 0 saturated heterocycles. The Balaban J connectivity index is 2.12. The smallest absolute Gasteiger partial charge is 0.416 e. The Morgan fingerprint density at radius 2 is 1.83 bits per heavy atom. The van der Waals surface area contributed by atoms with Crippen LogP contribution in [-0.4, -0.2) is 27.4 Å². The summed E-state index contributed by atoms with van der Waals surface area (Å²) in [6.45, 7) is 1.64. The molecule has 0 aliphatic heterocycles. The van der Waals surface area contributed by atoms with Crippen molar-refractivity contribution in [3.8, 4) is 5.88 Å². The summed E-state index contributed by atoms with van der Waals surface area (Å²) in [6, 6.07) is 6.94. The predicted octanol–water partition coefficient (Wildman–Crippen LogP) is 4.14. The van der Waals surface area contributed by atoms with Crippen LogP contribution in [0.1, 0.15) is 39.6 Å². The number of fused-ring (bicyclic) bond motifs is 1. The molecule has 156 valence electrons. The van der Waals surface area contributed by atoms with E-state index < -0.39 is 35.1 Å². The summed E-state index contributed by atoms with van der Waals surface area (Å²) >= 11 is 0. The molecule has 2 aromatic carbocycles. The fourth-order valence-corrected chi connectivity index (χ4v) is 3.07. The molecule has 0 saturated carbocycles. The number of primary amides is 1. The van der Waals surface area contributed by atoms with Crippen LogP contribution in [0.4, 0.5) is 23.7 Å². The number of Topliss-reactive ketones (excluding diaryl/α,β-unsaturated/α-hetero) is 1. The number of carbonyl (C=O) groups is 3. The van der Waals surface area contributed by atoms with Gasteiger partial charge in [0.2, 0.25) is 5.88 Å². The fraction of sp³-hybridized carbons (Fsp3) is 0.150. The van der Waals surface area contributed by atoms with Crippen LogP contribution in [0.25, 0.3) is 10.9 Å². The number of benzene rings is 2. The molecule has 0 fully saturated rings. The van der Waals surface area contributed by atoms with Gasteiger partial charge in [0, 0.05) is 23.1 Å². The third-order valence-electron chi connectivity index (χ3n) is 4.48. The Hall–Kier alpha value is -3.82. The summed E-state index contributed by atoms with van der Waals surface area (Å²) in [4.78, 5) is 36.6. The highest BCUT2D eigenvalue weighted by atomic mass is 19.4. The Bertz CT molecular complexity index is 1180. The Morgan fingerprint density at radius 3 is 2.43 bits per heavy atom. The summed E-state index contributed by atoms with van der Waals surface area (Å²) in [5.74, 6) is -2.01. The summed E-state index contributed by atoms with van der Waals surface area (Å²) in [5.41, 5.74) is 4.05. The van der Waals surface area contributed by atoms with Crippen LogP contribution < -0.4 is 11.1 Å². The van der Waals surface area contributed by atoms with Crippen LogP contribution >= 0.6 is 0 Å². The first kappa shape index (κ1) is 20.9. The first-order chi connectivity index (χ1) is 14.0. The Labute approximate surface area is 167 Å². The Morgan fingerprint density at radius 1 is 1.13 bits per heavy atom. The fourth-order valence-electron chi connectivity index (χ4n) is 3.07. The topological polar surface area (TPSA) is 114 Å². The second-order valence-corrected chi connectivity index (χ2v) is 6.41. The highest BCUT2D eigenvalue weighted by Crippen LogP contribution is 2.34. The van der Waals surface area contributed by atoms with Crippen molar-refractivity contribution in [2.24, 2.45) is 5.73 Å². The van der Waals surface area contributed by atoms with E-state index in [2.05, 4.69) is 5.32 Å². The van der Waals surface area contributed by atoms with Crippen LogP contribution in [0.3, 0.4) is 0 Å². The molecule has 0 radical (unpaired) electrons. The van der Waals surface area contributed by atoms with E-state index in [1.807, 2.05) is 0 Å². The lowest BCUT2D eigenvalue weighted by molar-refractivity contribution is -0.137. The molecule has 1 aromatic heterocycles. The molecule has 3 rings (SSSR count). The number of anilines is 1. The number of halogens is 3. The van der Waals surface area contributed by atoms with Crippen molar-refractivity contribution in [3.63, 3.8) is 0 Å². The van der Waals surface area contributed by atoms with Gasteiger partial charge in [-0.15, -0.1) is 0 Å². The van der Waals surface area contributed by atoms with E-state index in [1.165, 1.54) is 24.3 Å². The lowest BCUT2D eigenvalue weighted by Crippen LogP contribution is -2.19. The van der Waals surface area contributed by atoms with E-state index in [0.29, 0.717) is 4.57 Å². The molecular formula is C20H16F3N3O4. The molecule has 0 aliphatic rings. The normalized spacial score (nSPS) is 11.5. The van der Waals surface area contributed by atoms with Gasteiger partial charge < -0.3 is 16.2 Å². The van der Waals surface area contributed by atoms with Crippen molar-refractivity contribution >= 4 is 34.3 Å². The minimum Gasteiger partial charge on any atom is -0.494 e. The van der Waals surface area contributed by atoms with Crippen LogP contribution in [0, 0.1) is 0 Å². The number of ketones is 1. The second kappa shape index (κ2) is 7.54. The molecule has 30 heavy (non-hydrogen) atoms. The van der Waals surface area contributed by atoms with Crippen molar-refractivity contribution in [3.05, 3.63) is 59.2 Å². The van der Waals surface area contributed by atoms with Crippen LogP contribution in [0.5, 0.6) is 5.88 Å². The minimum atomic E-state index is -4.61. The van der Waals surface area contributed by atoms with Crippen molar-refractivity contribution in [2.45, 2.75) is 19.5 Å². The maximum absolute atomic E-state index is 12.9. The highest BCUT2D eigenvalue weighted by Gasteiger charge is 2.31. The predicted molar refractivity (Wildman–Crippen MR) is 103 cm³/mol. The number of aromatic hydroxyl groups is 1. The van der Waals surface area contributed by atoms with Crippen molar-refractivity contribution in [1.82, 2.24) is 4.57 Å². The molecule has 2 amide bonds. The standard InChI is InChI=1S/C20H16F3N3O4/c1-2-15(27)10-6-7-14-13(8-10)16(18(29)26(14)19(24)30)17(28)25-12-5-3-4-11(9-12)20(21,22)23/h3-9,29H,2H2,1H3,(H2,24,30)(H,25,28). The number of nitrogens with one attached hydrogen (secondary N) is 1. The van der Waals surface area contributed by atoms with Crippen molar-refractivity contribution < 1.29 is 32.7 Å². The summed E-state index contributed by atoms with van der Waals surface area (Å²) < 4.78 is 39.4. The minimum absolute atomic E-state index is 0.0510. The molecule has 0 bridgehead atoms. The summed E-state index contributed by atoms with van der Waals surface area (Å²) in [6.07, 6.45) is -4.43. The van der Waals surface area contributed by atoms with E-state index in [-0.39, 0.29) is 34.4 Å². The first-order valence-corrected chi connectivity index (χ1v) is 8.73. The zero-order chi connectivity index (χ0) is 22.2. The molecule has 1 heterocycles. The van der Waals surface area contributed by atoms with E-state index in [9.17, 15) is 32.7 Å². The summed E-state index contributed by atoms with van der Waals surface area (Å²) in [7, 11) is 0. The van der Waals surface area contributed by atoms with Gasteiger partial charge in [-0.3, -0.25) is 9.59 Å². The zero-order valence-electron chi connectivity index (χ0n) is 15.6. The van der Waals surface area contributed by atoms with Gasteiger partial charge in [-0.2, -0.15) is 13.2 Å². The van der Waals surface area contributed by atoms with Crippen LogP contribution in [0.2, 0.25) is 0 Å². The largest absolute Gasteiger partial charge is 0.494 e. The maximum Gasteiger partial charge on any atom is 0.416 e. The van der Waals surface area contributed by atoms with Gasteiger partial charge in [-0.1, -0.05) is 13.0 Å². The molecule has 0 unspecified atom stereocenters. The molecular weight excluding hydrogens is 403 g/mol. The monoisotopic (exact) mass is 419 g/mol. The van der Waals surface area contributed by atoms with Gasteiger partial charge in [-0.25, -0.2) is 9.36 Å². The van der Waals surface area contributed by atoms with E-state index in [0.717, 1.165) is 18.2 Å². The number of alkyl halides is 3. The third kappa shape index (κ3) is 3.71. The number of carbonyl (C=O) groups excluding carboxylic acids is 3. The second-order valence-electron chi connectivity index (χ2n) is 6.41. The molecule has 0 aliphatic carbocycles. The number of nitrogens with zero attached hydrogens (tertiary/aromatic N) is 1. The number of amides is 2. The number of hydrogen-bond donors (Lipinski definition) is 3. The van der Waals surface area contributed by atoms with Crippen LogP contribution in [-0.2, 0) is 6.18 Å². The average Bonchev–Trinajstić information content (AvgIpc) is 2.98. The van der Waals surface area contributed by atoms with Crippen molar-refractivity contribution in [1.29, 1.82) is 0 Å². The molecule has 0 atom stereocenters. The molecule has 0 spiro atoms. The highest BCUT2D eigenvalue weighted by molar-refractivity contribution is 6.17. The van der Waals surface area contributed by atoms with Gasteiger partial charge in [0.15, 0.2) is 5.78 Å². The van der Waals surface area contributed by atoms with E-state index in [1.54, 1.807) is 6.92 Å². The number of nitrogens with two attached hydrogens (primary N) is 1. The zero-order valence-corrected chi connectivity index (χ0v) is 15.6. The van der Waals surface area contributed by atoms with Gasteiger partial charge in [0.1, 0.15) is 5.56 Å². The van der Waals surface area contributed by atoms with Gasteiger partial charge in [-0.05, 0) is 36.4 Å². The molecule has 3 aromatic rings. The molecule has 7 nitrogen and oxygen atoms in total. The van der Waals surface area contributed by atoms with Gasteiger partial charge in [0.05, 0.1) is 11.1 Å². The number of aromatic nitrogens is 1. The van der Waals surface area contributed by atoms with Gasteiger partial charge >= 0.3 is 12.2 Å². The first-order valence-electron chi connectivity index (χ1n) is 8.73. The Kier molecular flexibility index (Phi) is 5.26.